The van der Waals surface area contributed by atoms with E-state index >= 15 is 0 Å². The van der Waals surface area contributed by atoms with Crippen LogP contribution in [0.15, 0.2) is 24.3 Å². The van der Waals surface area contributed by atoms with Gasteiger partial charge in [0.05, 0.1) is 0 Å². The van der Waals surface area contributed by atoms with Crippen molar-refractivity contribution in [3.8, 4) is 0 Å². The third-order valence-electron chi connectivity index (χ3n) is 5.72. The van der Waals surface area contributed by atoms with Gasteiger partial charge >= 0.3 is 0 Å². The third-order valence-corrected chi connectivity index (χ3v) is 5.72. The summed E-state index contributed by atoms with van der Waals surface area (Å²) in [5, 5.41) is 10.8. The molecule has 1 amide bonds. The Balaban J connectivity index is 1.70. The number of aromatic nitrogens is 2. The van der Waals surface area contributed by atoms with Crippen LogP contribution in [-0.2, 0) is 0 Å². The number of carbonyl (C=O) groups is 1. The quantitative estimate of drug-likeness (QED) is 0.857. The van der Waals surface area contributed by atoms with E-state index in [-0.39, 0.29) is 5.91 Å². The summed E-state index contributed by atoms with van der Waals surface area (Å²) in [4.78, 5) is 17.3. The fourth-order valence-electron chi connectivity index (χ4n) is 4.21. The lowest BCUT2D eigenvalue weighted by Crippen LogP contribution is -2.39. The van der Waals surface area contributed by atoms with Crippen LogP contribution < -0.4 is 4.90 Å². The number of carbonyl (C=O) groups excluding carboxylic acids is 1. The molecule has 0 N–H and O–H groups in total. The predicted molar refractivity (Wildman–Crippen MR) is 100.0 cm³/mol. The predicted octanol–water partition coefficient (Wildman–Crippen LogP) is 3.63. The van der Waals surface area contributed by atoms with Gasteiger partial charge in [-0.2, -0.15) is 0 Å². The molecule has 1 aliphatic heterocycles. The van der Waals surface area contributed by atoms with Crippen molar-refractivity contribution in [3.05, 3.63) is 30.0 Å². The summed E-state index contributed by atoms with van der Waals surface area (Å²) >= 11 is 0. The van der Waals surface area contributed by atoms with E-state index in [4.69, 9.17) is 0 Å². The molecule has 132 valence electrons. The summed E-state index contributed by atoms with van der Waals surface area (Å²) in [7, 11) is 1.92. The van der Waals surface area contributed by atoms with E-state index in [1.807, 2.05) is 30.1 Å². The van der Waals surface area contributed by atoms with Gasteiger partial charge in [-0.05, 0) is 25.7 Å². The first kappa shape index (κ1) is 16.3. The van der Waals surface area contributed by atoms with Crippen molar-refractivity contribution in [2.75, 3.05) is 25.0 Å². The van der Waals surface area contributed by atoms with E-state index in [9.17, 15) is 4.79 Å². The fraction of sp³-hybridized carbons (Fsp3) is 0.550. The first-order valence-corrected chi connectivity index (χ1v) is 9.53. The standard InChI is InChI=1S/C20H26N4O/c1-23(15-9-3-2-4-10-15)20(25)18-16-11-5-6-12-17(16)19(22-21-18)24-13-7-8-14-24/h5-6,11-12,15H,2-4,7-10,13-14H2,1H3. The molecule has 2 heterocycles. The molecule has 0 spiro atoms. The molecular weight excluding hydrogens is 312 g/mol. The number of hydrogen-bond donors (Lipinski definition) is 0. The zero-order valence-corrected chi connectivity index (χ0v) is 14.9. The maximum absolute atomic E-state index is 13.1. The highest BCUT2D eigenvalue weighted by Crippen LogP contribution is 2.29. The van der Waals surface area contributed by atoms with E-state index in [1.54, 1.807) is 0 Å². The van der Waals surface area contributed by atoms with Gasteiger partial charge in [0.15, 0.2) is 11.5 Å². The van der Waals surface area contributed by atoms with Crippen molar-refractivity contribution in [1.29, 1.82) is 0 Å². The van der Waals surface area contributed by atoms with Crippen LogP contribution >= 0.6 is 0 Å². The molecule has 1 saturated heterocycles. The Morgan fingerprint density at radius 3 is 2.40 bits per heavy atom. The molecule has 0 radical (unpaired) electrons. The molecule has 2 aliphatic rings. The topological polar surface area (TPSA) is 49.3 Å². The molecule has 1 aliphatic carbocycles. The minimum absolute atomic E-state index is 0.00331. The zero-order valence-electron chi connectivity index (χ0n) is 14.9. The summed E-state index contributed by atoms with van der Waals surface area (Å²) in [5.41, 5.74) is 0.492. The average Bonchev–Trinajstić information content (AvgIpc) is 3.21. The van der Waals surface area contributed by atoms with Crippen molar-refractivity contribution in [2.45, 2.75) is 51.0 Å². The third kappa shape index (κ3) is 3.08. The molecular formula is C20H26N4O. The van der Waals surface area contributed by atoms with Crippen molar-refractivity contribution >= 4 is 22.5 Å². The number of hydrogen-bond acceptors (Lipinski definition) is 4. The van der Waals surface area contributed by atoms with Gasteiger partial charge in [0.25, 0.3) is 5.91 Å². The SMILES string of the molecule is CN(C(=O)c1nnc(N2CCCC2)c2ccccc12)C1CCCCC1. The fourth-order valence-corrected chi connectivity index (χ4v) is 4.21. The second kappa shape index (κ2) is 6.98. The van der Waals surface area contributed by atoms with Crippen LogP contribution in [0.4, 0.5) is 5.82 Å². The van der Waals surface area contributed by atoms with Crippen LogP contribution in [0.3, 0.4) is 0 Å². The Kier molecular flexibility index (Phi) is 4.55. The molecule has 0 unspecified atom stereocenters. The number of anilines is 1. The van der Waals surface area contributed by atoms with Crippen molar-refractivity contribution in [1.82, 2.24) is 15.1 Å². The van der Waals surface area contributed by atoms with Gasteiger partial charge < -0.3 is 9.80 Å². The molecule has 25 heavy (non-hydrogen) atoms. The highest BCUT2D eigenvalue weighted by molar-refractivity contribution is 6.07. The van der Waals surface area contributed by atoms with Crippen molar-refractivity contribution in [3.63, 3.8) is 0 Å². The summed E-state index contributed by atoms with van der Waals surface area (Å²) in [6, 6.07) is 8.40. The molecule has 1 saturated carbocycles. The number of nitrogens with zero attached hydrogens (tertiary/aromatic N) is 4. The normalized spacial score (nSPS) is 18.7. The maximum Gasteiger partial charge on any atom is 0.275 e. The Bertz CT molecular complexity index is 763. The molecule has 1 aromatic heterocycles. The number of rotatable bonds is 3. The summed E-state index contributed by atoms with van der Waals surface area (Å²) in [6.07, 6.45) is 8.29. The van der Waals surface area contributed by atoms with E-state index in [0.717, 1.165) is 42.5 Å². The number of benzene rings is 1. The minimum Gasteiger partial charge on any atom is -0.355 e. The Morgan fingerprint density at radius 1 is 1.00 bits per heavy atom. The smallest absolute Gasteiger partial charge is 0.275 e. The first-order chi connectivity index (χ1) is 12.3. The lowest BCUT2D eigenvalue weighted by molar-refractivity contribution is 0.0691. The first-order valence-electron chi connectivity index (χ1n) is 9.53. The van der Waals surface area contributed by atoms with Crippen molar-refractivity contribution < 1.29 is 4.79 Å². The van der Waals surface area contributed by atoms with Gasteiger partial charge in [-0.3, -0.25) is 4.79 Å². The highest BCUT2D eigenvalue weighted by Gasteiger charge is 2.27. The lowest BCUT2D eigenvalue weighted by Gasteiger charge is -2.31. The van der Waals surface area contributed by atoms with Gasteiger partial charge in [-0.25, -0.2) is 0 Å². The van der Waals surface area contributed by atoms with Gasteiger partial charge in [-0.15, -0.1) is 10.2 Å². The lowest BCUT2D eigenvalue weighted by atomic mass is 9.94. The minimum atomic E-state index is 0.00331. The van der Waals surface area contributed by atoms with Crippen LogP contribution in [-0.4, -0.2) is 47.2 Å². The van der Waals surface area contributed by atoms with E-state index in [2.05, 4.69) is 21.2 Å². The van der Waals surface area contributed by atoms with Gasteiger partial charge in [0, 0.05) is 37.0 Å². The summed E-state index contributed by atoms with van der Waals surface area (Å²) < 4.78 is 0. The van der Waals surface area contributed by atoms with Crippen LogP contribution in [0.5, 0.6) is 0 Å². The highest BCUT2D eigenvalue weighted by atomic mass is 16.2. The molecule has 5 heteroatoms. The van der Waals surface area contributed by atoms with Crippen LogP contribution in [0.2, 0.25) is 0 Å². The van der Waals surface area contributed by atoms with E-state index in [0.29, 0.717) is 11.7 Å². The van der Waals surface area contributed by atoms with Crippen LogP contribution in [0.25, 0.3) is 10.8 Å². The molecule has 1 aromatic carbocycles. The van der Waals surface area contributed by atoms with Crippen LogP contribution in [0, 0.1) is 0 Å². The molecule has 0 bridgehead atoms. The molecule has 5 nitrogen and oxygen atoms in total. The maximum atomic E-state index is 13.1. The van der Waals surface area contributed by atoms with Gasteiger partial charge in [0.1, 0.15) is 0 Å². The van der Waals surface area contributed by atoms with Gasteiger partial charge in [0.2, 0.25) is 0 Å². The largest absolute Gasteiger partial charge is 0.355 e. The van der Waals surface area contributed by atoms with E-state index < -0.39 is 0 Å². The zero-order chi connectivity index (χ0) is 17.2. The monoisotopic (exact) mass is 338 g/mol. The number of fused-ring (bicyclic) bond motifs is 1. The summed E-state index contributed by atoms with van der Waals surface area (Å²) in [6.45, 7) is 2.04. The Labute approximate surface area is 149 Å². The molecule has 0 atom stereocenters. The summed E-state index contributed by atoms with van der Waals surface area (Å²) in [5.74, 6) is 0.925. The van der Waals surface area contributed by atoms with Gasteiger partial charge in [-0.1, -0.05) is 43.5 Å². The molecule has 2 fully saturated rings. The second-order valence-electron chi connectivity index (χ2n) is 7.32. The van der Waals surface area contributed by atoms with E-state index in [1.165, 1.54) is 32.1 Å². The average molecular weight is 338 g/mol. The number of amides is 1. The second-order valence-corrected chi connectivity index (χ2v) is 7.32. The molecule has 4 rings (SSSR count). The van der Waals surface area contributed by atoms with Crippen molar-refractivity contribution in [2.24, 2.45) is 0 Å². The Hall–Kier alpha value is -2.17. The molecule has 2 aromatic rings. The Morgan fingerprint density at radius 2 is 1.68 bits per heavy atom. The van der Waals surface area contributed by atoms with Crippen LogP contribution in [0.1, 0.15) is 55.4 Å².